The summed E-state index contributed by atoms with van der Waals surface area (Å²) in [4.78, 5) is 33.0. The second-order valence-corrected chi connectivity index (χ2v) is 4.31. The Hall–Kier alpha value is -2.95. The Labute approximate surface area is 120 Å². The second kappa shape index (κ2) is 6.47. The molecule has 5 nitrogen and oxygen atoms in total. The van der Waals surface area contributed by atoms with Crippen molar-refractivity contribution in [3.63, 3.8) is 0 Å². The van der Waals surface area contributed by atoms with Gasteiger partial charge in [0.05, 0.1) is 5.56 Å². The van der Waals surface area contributed by atoms with Gasteiger partial charge in [0.15, 0.2) is 6.29 Å². The third-order valence-electron chi connectivity index (χ3n) is 2.79. The number of ether oxygens (including phenoxy) is 1. The summed E-state index contributed by atoms with van der Waals surface area (Å²) in [6, 6.07) is 13.1. The molecular formula is C16H12O5. The predicted octanol–water partition coefficient (Wildman–Crippen LogP) is 2.35. The summed E-state index contributed by atoms with van der Waals surface area (Å²) in [7, 11) is 0. The number of Topliss-reactive ketones (excluding diaryl/α,β-unsaturated/α-hetero) is 1. The minimum absolute atomic E-state index is 0.00652. The zero-order valence-electron chi connectivity index (χ0n) is 11.0. The maximum Gasteiger partial charge on any atom is 0.335 e. The molecule has 0 heterocycles. The van der Waals surface area contributed by atoms with Crippen LogP contribution >= 0.6 is 0 Å². The summed E-state index contributed by atoms with van der Waals surface area (Å²) in [6.07, 6.45) is 0.141. The molecule has 0 unspecified atom stereocenters. The smallest absolute Gasteiger partial charge is 0.335 e. The van der Waals surface area contributed by atoms with E-state index in [9.17, 15) is 14.4 Å². The van der Waals surface area contributed by atoms with E-state index in [-0.39, 0.29) is 29.8 Å². The van der Waals surface area contributed by atoms with Crippen LogP contribution in [0.5, 0.6) is 5.75 Å². The van der Waals surface area contributed by atoms with Crippen molar-refractivity contribution < 1.29 is 24.2 Å². The van der Waals surface area contributed by atoms with Crippen LogP contribution in [0.25, 0.3) is 0 Å². The number of hydrogen-bond donors (Lipinski definition) is 1. The highest BCUT2D eigenvalue weighted by Crippen LogP contribution is 2.19. The first-order valence-corrected chi connectivity index (χ1v) is 6.15. The third-order valence-corrected chi connectivity index (χ3v) is 2.79. The van der Waals surface area contributed by atoms with E-state index >= 15 is 0 Å². The molecule has 1 N–H and O–H groups in total. The summed E-state index contributed by atoms with van der Waals surface area (Å²) in [6.45, 7) is 0.235. The van der Waals surface area contributed by atoms with Crippen LogP contribution in [0.15, 0.2) is 48.5 Å². The molecule has 0 amide bonds. The van der Waals surface area contributed by atoms with Crippen LogP contribution in [-0.4, -0.2) is 23.1 Å². The summed E-state index contributed by atoms with van der Waals surface area (Å²) in [5, 5.41) is 9.02. The Balaban J connectivity index is 2.25. The number of benzene rings is 2. The van der Waals surface area contributed by atoms with Crippen LogP contribution in [0.4, 0.5) is 0 Å². The van der Waals surface area contributed by atoms with Gasteiger partial charge in [-0.3, -0.25) is 9.59 Å². The molecule has 2 aromatic rings. The van der Waals surface area contributed by atoms with Crippen molar-refractivity contribution in [2.75, 3.05) is 0 Å². The summed E-state index contributed by atoms with van der Waals surface area (Å²) >= 11 is 0. The molecular weight excluding hydrogens is 272 g/mol. The van der Waals surface area contributed by atoms with Gasteiger partial charge >= 0.3 is 5.97 Å². The summed E-state index contributed by atoms with van der Waals surface area (Å²) in [5.74, 6) is -1.76. The fourth-order valence-corrected chi connectivity index (χ4v) is 1.76. The number of rotatable bonds is 6. The van der Waals surface area contributed by atoms with E-state index in [1.165, 1.54) is 12.1 Å². The fourth-order valence-electron chi connectivity index (χ4n) is 1.76. The largest absolute Gasteiger partial charge is 0.489 e. The minimum Gasteiger partial charge on any atom is -0.489 e. The molecule has 2 aromatic carbocycles. The predicted molar refractivity (Wildman–Crippen MR) is 74.6 cm³/mol. The van der Waals surface area contributed by atoms with Crippen molar-refractivity contribution in [3.05, 3.63) is 65.2 Å². The molecule has 5 heteroatoms. The van der Waals surface area contributed by atoms with Crippen molar-refractivity contribution in [2.24, 2.45) is 0 Å². The van der Waals surface area contributed by atoms with Crippen LogP contribution in [-0.2, 0) is 11.4 Å². The van der Waals surface area contributed by atoms with E-state index in [2.05, 4.69) is 0 Å². The monoisotopic (exact) mass is 284 g/mol. The molecule has 0 aliphatic heterocycles. The van der Waals surface area contributed by atoms with Gasteiger partial charge in [0.25, 0.3) is 0 Å². The lowest BCUT2D eigenvalue weighted by Crippen LogP contribution is -2.05. The van der Waals surface area contributed by atoms with E-state index in [4.69, 9.17) is 9.84 Å². The zero-order chi connectivity index (χ0) is 15.2. The maximum absolute atomic E-state index is 11.4. The lowest BCUT2D eigenvalue weighted by molar-refractivity contribution is -0.104. The van der Waals surface area contributed by atoms with E-state index in [0.717, 1.165) is 11.6 Å². The van der Waals surface area contributed by atoms with Gasteiger partial charge in [0.2, 0.25) is 5.78 Å². The standard InChI is InChI=1S/C16H12O5/c17-9-15(18)12-6-13(16(19)20)8-14(7-12)21-10-11-4-2-1-3-5-11/h1-9H,10H2,(H,19,20). The molecule has 0 saturated heterocycles. The van der Waals surface area contributed by atoms with Crippen LogP contribution in [0.2, 0.25) is 0 Å². The van der Waals surface area contributed by atoms with Gasteiger partial charge in [0.1, 0.15) is 12.4 Å². The average Bonchev–Trinajstić information content (AvgIpc) is 2.52. The molecule has 0 saturated carbocycles. The van der Waals surface area contributed by atoms with Gasteiger partial charge in [-0.05, 0) is 23.8 Å². The first kappa shape index (κ1) is 14.5. The number of aldehydes is 1. The Morgan fingerprint density at radius 3 is 2.33 bits per heavy atom. The summed E-state index contributed by atoms with van der Waals surface area (Å²) < 4.78 is 5.49. The van der Waals surface area contributed by atoms with Crippen molar-refractivity contribution in [1.29, 1.82) is 0 Å². The van der Waals surface area contributed by atoms with Gasteiger partial charge in [0, 0.05) is 5.56 Å². The molecule has 0 fully saturated rings. The number of carboxylic acids is 1. The van der Waals surface area contributed by atoms with Crippen molar-refractivity contribution in [3.8, 4) is 5.75 Å². The van der Waals surface area contributed by atoms with Gasteiger partial charge in [-0.25, -0.2) is 4.79 Å². The Kier molecular flexibility index (Phi) is 4.46. The third kappa shape index (κ3) is 3.76. The molecule has 21 heavy (non-hydrogen) atoms. The molecule has 0 aromatic heterocycles. The second-order valence-electron chi connectivity index (χ2n) is 4.31. The normalized spacial score (nSPS) is 9.90. The Morgan fingerprint density at radius 1 is 1.05 bits per heavy atom. The van der Waals surface area contributed by atoms with E-state index < -0.39 is 11.8 Å². The topological polar surface area (TPSA) is 80.7 Å². The molecule has 0 spiro atoms. The molecule has 106 valence electrons. The Morgan fingerprint density at radius 2 is 1.71 bits per heavy atom. The first-order valence-electron chi connectivity index (χ1n) is 6.15. The van der Waals surface area contributed by atoms with Crippen molar-refractivity contribution in [2.45, 2.75) is 6.61 Å². The summed E-state index contributed by atoms with van der Waals surface area (Å²) in [5.41, 5.74) is 0.792. The molecule has 0 bridgehead atoms. The maximum atomic E-state index is 11.4. The van der Waals surface area contributed by atoms with E-state index in [1.807, 2.05) is 30.3 Å². The number of hydrogen-bond acceptors (Lipinski definition) is 4. The fraction of sp³-hybridized carbons (Fsp3) is 0.0625. The zero-order valence-corrected chi connectivity index (χ0v) is 11.0. The lowest BCUT2D eigenvalue weighted by Gasteiger charge is -2.08. The van der Waals surface area contributed by atoms with Crippen molar-refractivity contribution in [1.82, 2.24) is 0 Å². The van der Waals surface area contributed by atoms with Crippen LogP contribution in [0.1, 0.15) is 26.3 Å². The number of carbonyl (C=O) groups excluding carboxylic acids is 2. The average molecular weight is 284 g/mol. The number of ketones is 1. The highest BCUT2D eigenvalue weighted by Gasteiger charge is 2.12. The van der Waals surface area contributed by atoms with Crippen LogP contribution in [0, 0.1) is 0 Å². The van der Waals surface area contributed by atoms with Gasteiger partial charge < -0.3 is 9.84 Å². The molecule has 0 aliphatic carbocycles. The van der Waals surface area contributed by atoms with E-state index in [1.54, 1.807) is 0 Å². The number of carboxylic acid groups (broad SMARTS) is 1. The highest BCUT2D eigenvalue weighted by atomic mass is 16.5. The lowest BCUT2D eigenvalue weighted by atomic mass is 10.1. The molecule has 0 atom stereocenters. The van der Waals surface area contributed by atoms with Gasteiger partial charge in [-0.1, -0.05) is 30.3 Å². The van der Waals surface area contributed by atoms with Crippen molar-refractivity contribution >= 4 is 18.0 Å². The first-order chi connectivity index (χ1) is 10.1. The van der Waals surface area contributed by atoms with Crippen LogP contribution < -0.4 is 4.74 Å². The number of aromatic carboxylic acids is 1. The Bertz CT molecular complexity index is 676. The molecule has 0 radical (unpaired) electrons. The quantitative estimate of drug-likeness (QED) is 0.500. The molecule has 0 aliphatic rings. The highest BCUT2D eigenvalue weighted by molar-refractivity contribution is 6.33. The SMILES string of the molecule is O=CC(=O)c1cc(OCc2ccccc2)cc(C(=O)O)c1. The van der Waals surface area contributed by atoms with Crippen LogP contribution in [0.3, 0.4) is 0 Å². The minimum atomic E-state index is -1.19. The van der Waals surface area contributed by atoms with Gasteiger partial charge in [-0.15, -0.1) is 0 Å². The molecule has 2 rings (SSSR count). The van der Waals surface area contributed by atoms with E-state index in [0.29, 0.717) is 0 Å². The van der Waals surface area contributed by atoms with Gasteiger partial charge in [-0.2, -0.15) is 0 Å². The number of carbonyl (C=O) groups is 3.